The summed E-state index contributed by atoms with van der Waals surface area (Å²) in [5.74, 6) is 0.887. The molecular formula is C23H37IN4O4. The summed E-state index contributed by atoms with van der Waals surface area (Å²) in [6.45, 7) is 10.7. The van der Waals surface area contributed by atoms with Gasteiger partial charge in [0.2, 0.25) is 0 Å². The number of guanidine groups is 1. The van der Waals surface area contributed by atoms with E-state index in [4.69, 9.17) is 19.2 Å². The molecule has 1 aromatic carbocycles. The minimum absolute atomic E-state index is 0. The van der Waals surface area contributed by atoms with Crippen molar-refractivity contribution in [1.29, 1.82) is 0 Å². The summed E-state index contributed by atoms with van der Waals surface area (Å²) >= 11 is 0. The molecule has 0 spiro atoms. The van der Waals surface area contributed by atoms with Crippen LogP contribution in [0.15, 0.2) is 29.3 Å². The number of rotatable bonds is 7. The van der Waals surface area contributed by atoms with Crippen LogP contribution in [0.4, 0.5) is 4.79 Å². The molecule has 2 saturated heterocycles. The predicted molar refractivity (Wildman–Crippen MR) is 135 cm³/mol. The van der Waals surface area contributed by atoms with Crippen molar-refractivity contribution in [2.45, 2.75) is 45.9 Å². The van der Waals surface area contributed by atoms with Gasteiger partial charge in [-0.25, -0.2) is 9.79 Å². The van der Waals surface area contributed by atoms with Gasteiger partial charge in [-0.2, -0.15) is 0 Å². The highest BCUT2D eigenvalue weighted by Gasteiger charge is 2.23. The molecular weight excluding hydrogens is 523 g/mol. The standard InChI is InChI=1S/C23H36N4O4.HI/c1-3-24-22(26-11-13-27(14-12-26)23(28)30-4-2)25-17-19-5-7-20(8-6-19)18-31-21-9-15-29-16-10-21;/h5-8,21H,3-4,9-18H2,1-2H3,(H,24,25);1H. The van der Waals surface area contributed by atoms with Crippen LogP contribution in [0, 0.1) is 0 Å². The highest BCUT2D eigenvalue weighted by molar-refractivity contribution is 14.0. The highest BCUT2D eigenvalue weighted by Crippen LogP contribution is 2.14. The molecule has 9 heteroatoms. The number of halogens is 1. The second-order valence-electron chi connectivity index (χ2n) is 7.78. The first-order valence-corrected chi connectivity index (χ1v) is 11.4. The van der Waals surface area contributed by atoms with Crippen molar-refractivity contribution in [3.8, 4) is 0 Å². The molecule has 1 N–H and O–H groups in total. The summed E-state index contributed by atoms with van der Waals surface area (Å²) in [4.78, 5) is 20.7. The van der Waals surface area contributed by atoms with Gasteiger partial charge in [-0.1, -0.05) is 24.3 Å². The fourth-order valence-corrected chi connectivity index (χ4v) is 3.71. The molecule has 2 heterocycles. The van der Waals surface area contributed by atoms with E-state index in [0.29, 0.717) is 39.0 Å². The molecule has 1 amide bonds. The molecule has 32 heavy (non-hydrogen) atoms. The van der Waals surface area contributed by atoms with Gasteiger partial charge in [-0.05, 0) is 37.8 Å². The normalized spacial score (nSPS) is 17.6. The lowest BCUT2D eigenvalue weighted by Gasteiger charge is -2.35. The Labute approximate surface area is 208 Å². The van der Waals surface area contributed by atoms with Crippen LogP contribution in [-0.4, -0.2) is 80.5 Å². The minimum Gasteiger partial charge on any atom is -0.450 e. The molecule has 180 valence electrons. The van der Waals surface area contributed by atoms with Gasteiger partial charge in [0.25, 0.3) is 0 Å². The van der Waals surface area contributed by atoms with Crippen molar-refractivity contribution >= 4 is 36.0 Å². The van der Waals surface area contributed by atoms with Crippen LogP contribution >= 0.6 is 24.0 Å². The third-order valence-corrected chi connectivity index (χ3v) is 5.53. The van der Waals surface area contributed by atoms with Gasteiger partial charge >= 0.3 is 6.09 Å². The van der Waals surface area contributed by atoms with E-state index in [0.717, 1.165) is 57.2 Å². The van der Waals surface area contributed by atoms with Crippen LogP contribution in [0.25, 0.3) is 0 Å². The van der Waals surface area contributed by atoms with Gasteiger partial charge in [0, 0.05) is 45.9 Å². The first-order chi connectivity index (χ1) is 15.2. The molecule has 0 atom stereocenters. The number of hydrogen-bond acceptors (Lipinski definition) is 5. The Morgan fingerprint density at radius 2 is 1.69 bits per heavy atom. The maximum absolute atomic E-state index is 11.9. The number of carbonyl (C=O) groups excluding carboxylic acids is 1. The Bertz CT molecular complexity index is 702. The molecule has 0 radical (unpaired) electrons. The number of piperazine rings is 1. The second kappa shape index (κ2) is 14.5. The van der Waals surface area contributed by atoms with Crippen LogP contribution < -0.4 is 5.32 Å². The summed E-state index contributed by atoms with van der Waals surface area (Å²) < 4.78 is 16.5. The van der Waals surface area contributed by atoms with E-state index in [9.17, 15) is 4.79 Å². The summed E-state index contributed by atoms with van der Waals surface area (Å²) in [5, 5.41) is 3.37. The van der Waals surface area contributed by atoms with Crippen LogP contribution in [0.2, 0.25) is 0 Å². The number of nitrogens with zero attached hydrogens (tertiary/aromatic N) is 3. The summed E-state index contributed by atoms with van der Waals surface area (Å²) in [6.07, 6.45) is 2.04. The second-order valence-corrected chi connectivity index (χ2v) is 7.78. The zero-order valence-corrected chi connectivity index (χ0v) is 21.6. The van der Waals surface area contributed by atoms with Gasteiger partial charge in [0.05, 0.1) is 25.9 Å². The van der Waals surface area contributed by atoms with E-state index >= 15 is 0 Å². The quantitative estimate of drug-likeness (QED) is 0.314. The first-order valence-electron chi connectivity index (χ1n) is 11.4. The SMILES string of the molecule is CCNC(=NCc1ccc(COC2CCOCC2)cc1)N1CCN(C(=O)OCC)CC1.I. The number of nitrogens with one attached hydrogen (secondary N) is 1. The Kier molecular flexibility index (Phi) is 12.1. The fraction of sp³-hybridized carbons (Fsp3) is 0.652. The van der Waals surface area contributed by atoms with E-state index in [2.05, 4.69) is 41.4 Å². The van der Waals surface area contributed by atoms with Gasteiger partial charge in [0.1, 0.15) is 0 Å². The number of benzene rings is 1. The summed E-state index contributed by atoms with van der Waals surface area (Å²) in [6, 6.07) is 8.48. The Morgan fingerprint density at radius 3 is 2.31 bits per heavy atom. The van der Waals surface area contributed by atoms with Crippen LogP contribution in [0.5, 0.6) is 0 Å². The van der Waals surface area contributed by atoms with Crippen molar-refractivity contribution in [2.24, 2.45) is 4.99 Å². The van der Waals surface area contributed by atoms with Crippen LogP contribution in [0.3, 0.4) is 0 Å². The average Bonchev–Trinajstić information content (AvgIpc) is 2.82. The molecule has 0 bridgehead atoms. The molecule has 0 aromatic heterocycles. The van der Waals surface area contributed by atoms with Crippen molar-refractivity contribution in [2.75, 3.05) is 52.5 Å². The number of aliphatic imine (C=N–C) groups is 1. The van der Waals surface area contributed by atoms with Gasteiger partial charge < -0.3 is 29.3 Å². The van der Waals surface area contributed by atoms with Gasteiger partial charge in [-0.3, -0.25) is 0 Å². The van der Waals surface area contributed by atoms with Crippen molar-refractivity contribution in [3.63, 3.8) is 0 Å². The fourth-order valence-electron chi connectivity index (χ4n) is 3.71. The monoisotopic (exact) mass is 560 g/mol. The van der Waals surface area contributed by atoms with Gasteiger partial charge in [0.15, 0.2) is 5.96 Å². The third-order valence-electron chi connectivity index (χ3n) is 5.53. The largest absolute Gasteiger partial charge is 0.450 e. The van der Waals surface area contributed by atoms with Crippen molar-refractivity contribution < 1.29 is 19.0 Å². The lowest BCUT2D eigenvalue weighted by atomic mass is 10.1. The maximum Gasteiger partial charge on any atom is 0.409 e. The van der Waals surface area contributed by atoms with E-state index < -0.39 is 0 Å². The summed E-state index contributed by atoms with van der Waals surface area (Å²) in [5.41, 5.74) is 2.34. The summed E-state index contributed by atoms with van der Waals surface area (Å²) in [7, 11) is 0. The van der Waals surface area contributed by atoms with Crippen molar-refractivity contribution in [3.05, 3.63) is 35.4 Å². The lowest BCUT2D eigenvalue weighted by Crippen LogP contribution is -2.53. The first kappa shape index (κ1) is 26.7. The number of ether oxygens (including phenoxy) is 3. The molecule has 0 saturated carbocycles. The molecule has 2 aliphatic rings. The molecule has 0 aliphatic carbocycles. The maximum atomic E-state index is 11.9. The molecule has 2 fully saturated rings. The van der Waals surface area contributed by atoms with Crippen molar-refractivity contribution in [1.82, 2.24) is 15.1 Å². The predicted octanol–water partition coefficient (Wildman–Crippen LogP) is 3.24. The molecule has 0 unspecified atom stereocenters. The average molecular weight is 560 g/mol. The molecule has 1 aromatic rings. The number of amides is 1. The minimum atomic E-state index is -0.232. The molecule has 3 rings (SSSR count). The molecule has 2 aliphatic heterocycles. The van der Waals surface area contributed by atoms with E-state index in [-0.39, 0.29) is 30.1 Å². The smallest absolute Gasteiger partial charge is 0.409 e. The highest BCUT2D eigenvalue weighted by atomic mass is 127. The van der Waals surface area contributed by atoms with E-state index in [1.54, 1.807) is 4.90 Å². The van der Waals surface area contributed by atoms with E-state index in [1.807, 2.05) is 6.92 Å². The van der Waals surface area contributed by atoms with E-state index in [1.165, 1.54) is 5.56 Å². The topological polar surface area (TPSA) is 75.6 Å². The van der Waals surface area contributed by atoms with Crippen LogP contribution in [0.1, 0.15) is 37.8 Å². The number of hydrogen-bond donors (Lipinski definition) is 1. The number of carbonyl (C=O) groups is 1. The zero-order valence-electron chi connectivity index (χ0n) is 19.3. The zero-order chi connectivity index (χ0) is 21.9. The van der Waals surface area contributed by atoms with Crippen LogP contribution in [-0.2, 0) is 27.4 Å². The third kappa shape index (κ3) is 8.40. The van der Waals surface area contributed by atoms with Gasteiger partial charge in [-0.15, -0.1) is 24.0 Å². The lowest BCUT2D eigenvalue weighted by molar-refractivity contribution is -0.0390. The molecule has 8 nitrogen and oxygen atoms in total. The Hall–Kier alpha value is -1.59. The Balaban J connectivity index is 0.00000363. The Morgan fingerprint density at radius 1 is 1.06 bits per heavy atom.